The summed E-state index contributed by atoms with van der Waals surface area (Å²) in [5.74, 6) is 0.785. The number of amides is 1. The first kappa shape index (κ1) is 14.0. The van der Waals surface area contributed by atoms with E-state index in [0.717, 1.165) is 25.1 Å². The number of hydrogen-bond donors (Lipinski definition) is 1. The molecule has 2 rings (SSSR count). The van der Waals surface area contributed by atoms with Gasteiger partial charge in [-0.25, -0.2) is 0 Å². The molecule has 1 aliphatic rings. The highest BCUT2D eigenvalue weighted by Gasteiger charge is 2.35. The van der Waals surface area contributed by atoms with Gasteiger partial charge < -0.3 is 10.6 Å². The normalized spacial score (nSPS) is 24.0. The minimum atomic E-state index is -0.0683. The molecule has 0 bridgehead atoms. The van der Waals surface area contributed by atoms with Crippen LogP contribution in [-0.2, 0) is 4.79 Å². The number of nitrogens with zero attached hydrogens (tertiary/aromatic N) is 2. The van der Waals surface area contributed by atoms with E-state index in [-0.39, 0.29) is 18.0 Å². The monoisotopic (exact) mass is 261 g/mol. The third-order valence-corrected chi connectivity index (χ3v) is 3.69. The lowest BCUT2D eigenvalue weighted by Crippen LogP contribution is -2.49. The highest BCUT2D eigenvalue weighted by Crippen LogP contribution is 2.30. The molecule has 1 saturated heterocycles. The van der Waals surface area contributed by atoms with Gasteiger partial charge in [0.05, 0.1) is 11.7 Å². The van der Waals surface area contributed by atoms with Gasteiger partial charge in [0.2, 0.25) is 5.91 Å². The van der Waals surface area contributed by atoms with Crippen molar-refractivity contribution in [3.8, 4) is 0 Å². The summed E-state index contributed by atoms with van der Waals surface area (Å²) in [5, 5.41) is 0. The smallest absolute Gasteiger partial charge is 0.223 e. The van der Waals surface area contributed by atoms with E-state index < -0.39 is 0 Å². The summed E-state index contributed by atoms with van der Waals surface area (Å²) in [6.07, 6.45) is 4.07. The van der Waals surface area contributed by atoms with E-state index in [2.05, 4.69) is 18.8 Å². The molecule has 104 valence electrons. The maximum absolute atomic E-state index is 12.2. The molecule has 0 aromatic carbocycles. The van der Waals surface area contributed by atoms with Gasteiger partial charge >= 0.3 is 0 Å². The van der Waals surface area contributed by atoms with Gasteiger partial charge in [0.15, 0.2) is 0 Å². The number of pyridine rings is 1. The minimum absolute atomic E-state index is 0.0141. The maximum Gasteiger partial charge on any atom is 0.223 e. The molecule has 1 aromatic heterocycles. The average Bonchev–Trinajstić information content (AvgIpc) is 2.40. The van der Waals surface area contributed by atoms with E-state index >= 15 is 0 Å². The number of piperidine rings is 1. The summed E-state index contributed by atoms with van der Waals surface area (Å²) in [6.45, 7) is 5.11. The van der Waals surface area contributed by atoms with Crippen molar-refractivity contribution >= 4 is 5.91 Å². The van der Waals surface area contributed by atoms with Gasteiger partial charge in [0.25, 0.3) is 0 Å². The molecule has 2 N–H and O–H groups in total. The summed E-state index contributed by atoms with van der Waals surface area (Å²) < 4.78 is 0. The molecule has 4 nitrogen and oxygen atoms in total. The fourth-order valence-corrected chi connectivity index (χ4v) is 2.57. The Hall–Kier alpha value is -1.42. The van der Waals surface area contributed by atoms with E-state index in [1.807, 2.05) is 23.1 Å². The fourth-order valence-electron chi connectivity index (χ4n) is 2.57. The van der Waals surface area contributed by atoms with E-state index in [0.29, 0.717) is 12.3 Å². The number of rotatable bonds is 4. The van der Waals surface area contributed by atoms with Crippen molar-refractivity contribution in [2.75, 3.05) is 6.54 Å². The van der Waals surface area contributed by atoms with E-state index in [1.165, 1.54) is 0 Å². The van der Waals surface area contributed by atoms with Crippen LogP contribution in [0.2, 0.25) is 0 Å². The maximum atomic E-state index is 12.2. The van der Waals surface area contributed by atoms with Crippen LogP contribution in [0.3, 0.4) is 0 Å². The van der Waals surface area contributed by atoms with Crippen molar-refractivity contribution in [1.29, 1.82) is 0 Å². The van der Waals surface area contributed by atoms with Crippen molar-refractivity contribution < 1.29 is 4.79 Å². The second-order valence-electron chi connectivity index (χ2n) is 5.67. The summed E-state index contributed by atoms with van der Waals surface area (Å²) >= 11 is 0. The summed E-state index contributed by atoms with van der Waals surface area (Å²) in [5.41, 5.74) is 7.15. The number of carbonyl (C=O) groups is 1. The minimum Gasteiger partial charge on any atom is -0.332 e. The second kappa shape index (κ2) is 6.15. The predicted octanol–water partition coefficient (Wildman–Crippen LogP) is 2.12. The second-order valence-corrected chi connectivity index (χ2v) is 5.67. The molecule has 0 radical (unpaired) electrons. The molecule has 1 aromatic rings. The van der Waals surface area contributed by atoms with Crippen LogP contribution in [-0.4, -0.2) is 28.4 Å². The molecule has 1 amide bonds. The molecule has 2 unspecified atom stereocenters. The highest BCUT2D eigenvalue weighted by molar-refractivity contribution is 5.77. The summed E-state index contributed by atoms with van der Waals surface area (Å²) in [7, 11) is 0. The van der Waals surface area contributed by atoms with Crippen LogP contribution in [0.4, 0.5) is 0 Å². The quantitative estimate of drug-likeness (QED) is 0.903. The molecule has 4 heteroatoms. The molecule has 2 heterocycles. The number of hydrogen-bond acceptors (Lipinski definition) is 3. The molecular weight excluding hydrogens is 238 g/mol. The third kappa shape index (κ3) is 3.32. The lowest BCUT2D eigenvalue weighted by atomic mass is 9.92. The van der Waals surface area contributed by atoms with Gasteiger partial charge in [0, 0.05) is 25.2 Å². The van der Waals surface area contributed by atoms with Crippen LogP contribution in [0.25, 0.3) is 0 Å². The molecule has 1 fully saturated rings. The zero-order valence-corrected chi connectivity index (χ0v) is 11.7. The lowest BCUT2D eigenvalue weighted by molar-refractivity contribution is -0.137. The first-order chi connectivity index (χ1) is 9.09. The van der Waals surface area contributed by atoms with Crippen molar-refractivity contribution in [3.05, 3.63) is 30.1 Å². The Balaban J connectivity index is 2.21. The van der Waals surface area contributed by atoms with Gasteiger partial charge in [-0.1, -0.05) is 19.9 Å². The van der Waals surface area contributed by atoms with E-state index in [9.17, 15) is 4.79 Å². The SMILES string of the molecule is CC(C)CCN1C(=O)CCC(N)C1c1ccccn1. The lowest BCUT2D eigenvalue weighted by Gasteiger charge is -2.39. The van der Waals surface area contributed by atoms with Gasteiger partial charge in [-0.2, -0.15) is 0 Å². The Morgan fingerprint density at radius 3 is 2.89 bits per heavy atom. The number of aromatic nitrogens is 1. The molecule has 0 aliphatic carbocycles. The van der Waals surface area contributed by atoms with Crippen LogP contribution in [0.15, 0.2) is 24.4 Å². The molecule has 19 heavy (non-hydrogen) atoms. The fraction of sp³-hybridized carbons (Fsp3) is 0.600. The van der Waals surface area contributed by atoms with Crippen LogP contribution < -0.4 is 5.73 Å². The van der Waals surface area contributed by atoms with Crippen molar-refractivity contribution in [2.24, 2.45) is 11.7 Å². The first-order valence-corrected chi connectivity index (χ1v) is 7.05. The van der Waals surface area contributed by atoms with E-state index in [4.69, 9.17) is 5.73 Å². The van der Waals surface area contributed by atoms with Crippen LogP contribution >= 0.6 is 0 Å². The third-order valence-electron chi connectivity index (χ3n) is 3.69. The van der Waals surface area contributed by atoms with Gasteiger partial charge in [0.1, 0.15) is 0 Å². The number of nitrogens with two attached hydrogens (primary N) is 1. The van der Waals surface area contributed by atoms with Gasteiger partial charge in [-0.05, 0) is 30.9 Å². The largest absolute Gasteiger partial charge is 0.332 e. The Bertz CT molecular complexity index is 419. The van der Waals surface area contributed by atoms with Gasteiger partial charge in [-0.3, -0.25) is 9.78 Å². The topological polar surface area (TPSA) is 59.2 Å². The van der Waals surface area contributed by atoms with Crippen molar-refractivity contribution in [1.82, 2.24) is 9.88 Å². The van der Waals surface area contributed by atoms with E-state index in [1.54, 1.807) is 6.20 Å². The average molecular weight is 261 g/mol. The standard InChI is InChI=1S/C15H23N3O/c1-11(2)8-10-18-14(19)7-6-12(16)15(18)13-5-3-4-9-17-13/h3-5,9,11-12,15H,6-8,10,16H2,1-2H3. The molecular formula is C15H23N3O. The highest BCUT2D eigenvalue weighted by atomic mass is 16.2. The number of likely N-dealkylation sites (tertiary alicyclic amines) is 1. The zero-order chi connectivity index (χ0) is 13.8. The summed E-state index contributed by atoms with van der Waals surface area (Å²) in [6, 6.07) is 5.72. The number of carbonyl (C=O) groups excluding carboxylic acids is 1. The van der Waals surface area contributed by atoms with Crippen molar-refractivity contribution in [2.45, 2.75) is 45.2 Å². The Morgan fingerprint density at radius 1 is 1.47 bits per heavy atom. The Kier molecular flexibility index (Phi) is 4.53. The predicted molar refractivity (Wildman–Crippen MR) is 75.4 cm³/mol. The van der Waals surface area contributed by atoms with Crippen LogP contribution in [0.5, 0.6) is 0 Å². The Labute approximate surface area is 115 Å². The Morgan fingerprint density at radius 2 is 2.26 bits per heavy atom. The van der Waals surface area contributed by atoms with Crippen molar-refractivity contribution in [3.63, 3.8) is 0 Å². The zero-order valence-electron chi connectivity index (χ0n) is 11.7. The molecule has 0 saturated carbocycles. The summed E-state index contributed by atoms with van der Waals surface area (Å²) in [4.78, 5) is 18.5. The molecule has 1 aliphatic heterocycles. The molecule has 0 spiro atoms. The van der Waals surface area contributed by atoms with Crippen LogP contribution in [0, 0.1) is 5.92 Å². The first-order valence-electron chi connectivity index (χ1n) is 7.05. The van der Waals surface area contributed by atoms with Gasteiger partial charge in [-0.15, -0.1) is 0 Å². The molecule has 2 atom stereocenters. The van der Waals surface area contributed by atoms with Crippen LogP contribution in [0.1, 0.15) is 44.8 Å².